The number of nitro groups is 1. The molecule has 1 aromatic carbocycles. The number of benzene rings is 1. The van der Waals surface area contributed by atoms with Gasteiger partial charge in [0, 0.05) is 12.1 Å². The lowest BCUT2D eigenvalue weighted by Crippen LogP contribution is -2.34. The fourth-order valence-electron chi connectivity index (χ4n) is 1.41. The largest absolute Gasteiger partial charge is 0.327 e. The van der Waals surface area contributed by atoms with Crippen LogP contribution in [0.1, 0.15) is 13.8 Å². The lowest BCUT2D eigenvalue weighted by Gasteiger charge is -2.15. The van der Waals surface area contributed by atoms with E-state index in [9.17, 15) is 18.5 Å². The fraction of sp³-hybridized carbons (Fsp3) is 0.455. The van der Waals surface area contributed by atoms with Crippen LogP contribution in [0.3, 0.4) is 0 Å². The number of hydrogen-bond acceptors (Lipinski definition) is 5. The molecule has 0 saturated carbocycles. The Morgan fingerprint density at radius 2 is 1.89 bits per heavy atom. The molecule has 1 atom stereocenters. The van der Waals surface area contributed by atoms with E-state index < -0.39 is 26.5 Å². The Balaban J connectivity index is 3.17. The first kappa shape index (κ1) is 14.6. The number of nitro benzene ring substituents is 1. The van der Waals surface area contributed by atoms with Gasteiger partial charge in [-0.25, -0.2) is 8.42 Å². The number of rotatable bonds is 5. The lowest BCUT2D eigenvalue weighted by atomic mass is 10.1. The second-order valence-corrected chi connectivity index (χ2v) is 6.42. The van der Waals surface area contributed by atoms with Gasteiger partial charge in [-0.1, -0.05) is 26.0 Å². The summed E-state index contributed by atoms with van der Waals surface area (Å²) in [5, 5.41) is 10.8. The maximum atomic E-state index is 12.1. The normalized spacial score (nSPS) is 13.6. The molecule has 6 nitrogen and oxygen atoms in total. The van der Waals surface area contributed by atoms with Crippen LogP contribution in [0.2, 0.25) is 0 Å². The summed E-state index contributed by atoms with van der Waals surface area (Å²) in [7, 11) is -3.75. The monoisotopic (exact) mass is 272 g/mol. The van der Waals surface area contributed by atoms with Crippen molar-refractivity contribution in [2.45, 2.75) is 24.8 Å². The molecule has 0 aliphatic carbocycles. The van der Waals surface area contributed by atoms with E-state index in [-0.39, 0.29) is 16.6 Å². The maximum Gasteiger partial charge on any atom is 0.287 e. The van der Waals surface area contributed by atoms with E-state index in [0.717, 1.165) is 0 Å². The second-order valence-electron chi connectivity index (χ2n) is 4.41. The van der Waals surface area contributed by atoms with Crippen LogP contribution in [-0.2, 0) is 9.84 Å². The van der Waals surface area contributed by atoms with Crippen molar-refractivity contribution in [3.63, 3.8) is 0 Å². The van der Waals surface area contributed by atoms with Crippen LogP contribution in [0.5, 0.6) is 0 Å². The first-order chi connectivity index (χ1) is 8.25. The molecule has 0 spiro atoms. The summed E-state index contributed by atoms with van der Waals surface area (Å²) >= 11 is 0. The van der Waals surface area contributed by atoms with E-state index >= 15 is 0 Å². The minimum Gasteiger partial charge on any atom is -0.327 e. The number of nitrogens with two attached hydrogens (primary N) is 1. The van der Waals surface area contributed by atoms with Gasteiger partial charge in [-0.3, -0.25) is 10.1 Å². The van der Waals surface area contributed by atoms with Gasteiger partial charge in [0.15, 0.2) is 9.84 Å². The molecule has 0 aliphatic heterocycles. The average molecular weight is 272 g/mol. The van der Waals surface area contributed by atoms with E-state index in [1.807, 2.05) is 0 Å². The molecule has 7 heteroatoms. The highest BCUT2D eigenvalue weighted by Crippen LogP contribution is 2.24. The molecule has 18 heavy (non-hydrogen) atoms. The first-order valence-electron chi connectivity index (χ1n) is 5.47. The van der Waals surface area contributed by atoms with Crippen molar-refractivity contribution in [3.8, 4) is 0 Å². The minimum absolute atomic E-state index is 0.0115. The summed E-state index contributed by atoms with van der Waals surface area (Å²) < 4.78 is 24.2. The molecule has 0 amide bonds. The molecule has 0 heterocycles. The Hall–Kier alpha value is -1.47. The molecular weight excluding hydrogens is 256 g/mol. The van der Waals surface area contributed by atoms with Gasteiger partial charge in [-0.2, -0.15) is 0 Å². The minimum atomic E-state index is -3.75. The van der Waals surface area contributed by atoms with Crippen LogP contribution in [0.25, 0.3) is 0 Å². The molecule has 0 radical (unpaired) electrons. The number of hydrogen-bond donors (Lipinski definition) is 1. The topological polar surface area (TPSA) is 103 Å². The van der Waals surface area contributed by atoms with E-state index in [0.29, 0.717) is 0 Å². The number of sulfone groups is 1. The summed E-state index contributed by atoms with van der Waals surface area (Å²) in [6.07, 6.45) is 0. The molecule has 1 unspecified atom stereocenters. The van der Waals surface area contributed by atoms with Crippen molar-refractivity contribution in [2.24, 2.45) is 11.7 Å². The van der Waals surface area contributed by atoms with Crippen LogP contribution >= 0.6 is 0 Å². The molecular formula is C11H16N2O4S. The highest BCUT2D eigenvalue weighted by atomic mass is 32.2. The van der Waals surface area contributed by atoms with E-state index in [4.69, 9.17) is 5.73 Å². The van der Waals surface area contributed by atoms with Crippen LogP contribution < -0.4 is 5.73 Å². The van der Waals surface area contributed by atoms with Crippen molar-refractivity contribution < 1.29 is 13.3 Å². The third-order valence-electron chi connectivity index (χ3n) is 2.67. The summed E-state index contributed by atoms with van der Waals surface area (Å²) in [6.45, 7) is 3.61. The molecule has 0 aromatic heterocycles. The van der Waals surface area contributed by atoms with E-state index in [2.05, 4.69) is 0 Å². The summed E-state index contributed by atoms with van der Waals surface area (Å²) in [6, 6.07) is 4.75. The van der Waals surface area contributed by atoms with E-state index in [1.165, 1.54) is 24.3 Å². The third-order valence-corrected chi connectivity index (χ3v) is 4.50. The Kier molecular flexibility index (Phi) is 4.42. The summed E-state index contributed by atoms with van der Waals surface area (Å²) in [5.74, 6) is -0.308. The zero-order valence-electron chi connectivity index (χ0n) is 10.2. The number of para-hydroxylation sites is 1. The predicted molar refractivity (Wildman–Crippen MR) is 68.0 cm³/mol. The SMILES string of the molecule is CC(C)C(N)CS(=O)(=O)c1ccccc1[N+](=O)[O-]. The zero-order chi connectivity index (χ0) is 13.9. The van der Waals surface area contributed by atoms with Crippen molar-refractivity contribution in [3.05, 3.63) is 34.4 Å². The van der Waals surface area contributed by atoms with Crippen molar-refractivity contribution in [2.75, 3.05) is 5.75 Å². The maximum absolute atomic E-state index is 12.1. The Morgan fingerprint density at radius 3 is 2.39 bits per heavy atom. The second kappa shape index (κ2) is 5.45. The van der Waals surface area contributed by atoms with Gasteiger partial charge in [0.25, 0.3) is 5.69 Å². The lowest BCUT2D eigenvalue weighted by molar-refractivity contribution is -0.387. The van der Waals surface area contributed by atoms with Gasteiger partial charge in [0.05, 0.1) is 10.7 Å². The van der Waals surface area contributed by atoms with Crippen molar-refractivity contribution in [1.29, 1.82) is 0 Å². The summed E-state index contributed by atoms with van der Waals surface area (Å²) in [4.78, 5) is 9.83. The Bertz CT molecular complexity index is 540. The highest BCUT2D eigenvalue weighted by Gasteiger charge is 2.27. The molecule has 100 valence electrons. The number of nitrogens with zero attached hydrogens (tertiary/aromatic N) is 1. The van der Waals surface area contributed by atoms with Gasteiger partial charge >= 0.3 is 0 Å². The quantitative estimate of drug-likeness (QED) is 0.643. The van der Waals surface area contributed by atoms with Gasteiger partial charge in [-0.15, -0.1) is 0 Å². The van der Waals surface area contributed by atoms with Gasteiger partial charge in [-0.05, 0) is 12.0 Å². The predicted octanol–water partition coefficient (Wildman–Crippen LogP) is 1.35. The smallest absolute Gasteiger partial charge is 0.287 e. The van der Waals surface area contributed by atoms with Crippen molar-refractivity contribution in [1.82, 2.24) is 0 Å². The van der Waals surface area contributed by atoms with Crippen LogP contribution in [-0.4, -0.2) is 25.1 Å². The Labute approximate surface area is 106 Å². The highest BCUT2D eigenvalue weighted by molar-refractivity contribution is 7.91. The average Bonchev–Trinajstić information content (AvgIpc) is 2.28. The molecule has 0 aliphatic rings. The van der Waals surface area contributed by atoms with Gasteiger partial charge < -0.3 is 5.73 Å². The van der Waals surface area contributed by atoms with E-state index in [1.54, 1.807) is 13.8 Å². The van der Waals surface area contributed by atoms with Crippen LogP contribution in [0, 0.1) is 16.0 Å². The molecule has 2 N–H and O–H groups in total. The molecule has 1 rings (SSSR count). The van der Waals surface area contributed by atoms with Gasteiger partial charge in [0.2, 0.25) is 0 Å². The third kappa shape index (κ3) is 3.27. The fourth-order valence-corrected chi connectivity index (χ4v) is 3.22. The zero-order valence-corrected chi connectivity index (χ0v) is 11.1. The standard InChI is InChI=1S/C11H16N2O4S/c1-8(2)9(12)7-18(16,17)11-6-4-3-5-10(11)13(14)15/h3-6,8-9H,7,12H2,1-2H3. The molecule has 0 fully saturated rings. The molecule has 0 saturated heterocycles. The van der Waals surface area contributed by atoms with Crippen LogP contribution in [0.4, 0.5) is 5.69 Å². The molecule has 1 aromatic rings. The first-order valence-corrected chi connectivity index (χ1v) is 7.12. The van der Waals surface area contributed by atoms with Crippen LogP contribution in [0.15, 0.2) is 29.2 Å². The Morgan fingerprint density at radius 1 is 1.33 bits per heavy atom. The molecule has 0 bridgehead atoms. The van der Waals surface area contributed by atoms with Gasteiger partial charge in [0.1, 0.15) is 4.90 Å². The van der Waals surface area contributed by atoms with Crippen molar-refractivity contribution >= 4 is 15.5 Å². The summed E-state index contributed by atoms with van der Waals surface area (Å²) in [5.41, 5.74) is 5.31.